The molecule has 1 aliphatic heterocycles. The lowest BCUT2D eigenvalue weighted by molar-refractivity contribution is -0.124. The molecule has 0 fully saturated rings. The Kier molecular flexibility index (Phi) is 3.95. The van der Waals surface area contributed by atoms with E-state index in [2.05, 4.69) is 50.5 Å². The van der Waals surface area contributed by atoms with Crippen LogP contribution < -0.4 is 10.6 Å². The summed E-state index contributed by atoms with van der Waals surface area (Å²) in [5, 5.41) is 6.44. The van der Waals surface area contributed by atoms with Crippen LogP contribution in [0.5, 0.6) is 0 Å². The van der Waals surface area contributed by atoms with E-state index in [4.69, 9.17) is 0 Å². The molecule has 1 amide bonds. The van der Waals surface area contributed by atoms with E-state index < -0.39 is 0 Å². The minimum absolute atomic E-state index is 0.0855. The molecule has 0 aromatic heterocycles. The quantitative estimate of drug-likeness (QED) is 0.856. The molecule has 2 N–H and O–H groups in total. The Morgan fingerprint density at radius 3 is 2.58 bits per heavy atom. The van der Waals surface area contributed by atoms with E-state index >= 15 is 0 Å². The number of benzene rings is 1. The summed E-state index contributed by atoms with van der Waals surface area (Å²) < 4.78 is 0. The molecule has 1 aromatic rings. The molecule has 3 heteroatoms. The zero-order chi connectivity index (χ0) is 14.0. The number of nitrogens with one attached hydrogen (secondary N) is 2. The average Bonchev–Trinajstić information content (AvgIpc) is 2.37. The van der Waals surface area contributed by atoms with Crippen molar-refractivity contribution in [1.29, 1.82) is 0 Å². The fourth-order valence-electron chi connectivity index (χ4n) is 2.17. The predicted octanol–water partition coefficient (Wildman–Crippen LogP) is 2.25. The zero-order valence-corrected chi connectivity index (χ0v) is 12.3. The lowest BCUT2D eigenvalue weighted by atomic mass is 9.87. The van der Waals surface area contributed by atoms with Crippen LogP contribution in [0.4, 0.5) is 0 Å². The third-order valence-electron chi connectivity index (χ3n) is 4.06. The van der Waals surface area contributed by atoms with Gasteiger partial charge in [0, 0.05) is 12.6 Å². The first kappa shape index (κ1) is 14.1. The SMILES string of the molecule is CC(NC(=O)[C@H]1Cc2ccccc2CN1)C(C)(C)C. The van der Waals surface area contributed by atoms with Crippen LogP contribution >= 0.6 is 0 Å². The van der Waals surface area contributed by atoms with Gasteiger partial charge in [-0.25, -0.2) is 0 Å². The number of fused-ring (bicyclic) bond motifs is 1. The summed E-state index contributed by atoms with van der Waals surface area (Å²) in [6, 6.07) is 8.37. The van der Waals surface area contributed by atoms with E-state index in [1.54, 1.807) is 0 Å². The van der Waals surface area contributed by atoms with Gasteiger partial charge in [0.15, 0.2) is 0 Å². The van der Waals surface area contributed by atoms with Crippen molar-refractivity contribution < 1.29 is 4.79 Å². The van der Waals surface area contributed by atoms with Crippen LogP contribution in [0.1, 0.15) is 38.8 Å². The number of hydrogen-bond donors (Lipinski definition) is 2. The molecule has 1 unspecified atom stereocenters. The smallest absolute Gasteiger partial charge is 0.237 e. The van der Waals surface area contributed by atoms with Gasteiger partial charge >= 0.3 is 0 Å². The van der Waals surface area contributed by atoms with Crippen molar-refractivity contribution >= 4 is 5.91 Å². The number of hydrogen-bond acceptors (Lipinski definition) is 2. The molecule has 0 radical (unpaired) electrons. The summed E-state index contributed by atoms with van der Waals surface area (Å²) in [6.45, 7) is 9.26. The lowest BCUT2D eigenvalue weighted by Gasteiger charge is -2.31. The summed E-state index contributed by atoms with van der Waals surface area (Å²) in [7, 11) is 0. The van der Waals surface area contributed by atoms with Gasteiger partial charge < -0.3 is 10.6 Å². The molecular formula is C16H24N2O. The molecule has 0 bridgehead atoms. The van der Waals surface area contributed by atoms with Crippen molar-refractivity contribution in [2.24, 2.45) is 5.41 Å². The number of amides is 1. The van der Waals surface area contributed by atoms with Gasteiger partial charge in [0.25, 0.3) is 0 Å². The van der Waals surface area contributed by atoms with Crippen molar-refractivity contribution in [2.75, 3.05) is 0 Å². The molecule has 0 saturated heterocycles. The van der Waals surface area contributed by atoms with Crippen molar-refractivity contribution in [3.8, 4) is 0 Å². The van der Waals surface area contributed by atoms with Gasteiger partial charge in [-0.15, -0.1) is 0 Å². The van der Waals surface area contributed by atoms with Crippen molar-refractivity contribution in [2.45, 2.75) is 52.7 Å². The molecule has 0 saturated carbocycles. The molecule has 0 spiro atoms. The van der Waals surface area contributed by atoms with Crippen LogP contribution in [0.25, 0.3) is 0 Å². The number of carbonyl (C=O) groups is 1. The summed E-state index contributed by atoms with van der Waals surface area (Å²) in [5.74, 6) is 0.108. The monoisotopic (exact) mass is 260 g/mol. The van der Waals surface area contributed by atoms with Crippen LogP contribution in [0.2, 0.25) is 0 Å². The first-order valence-electron chi connectivity index (χ1n) is 6.98. The van der Waals surface area contributed by atoms with Gasteiger partial charge in [0.05, 0.1) is 6.04 Å². The van der Waals surface area contributed by atoms with Crippen molar-refractivity contribution in [3.05, 3.63) is 35.4 Å². The largest absolute Gasteiger partial charge is 0.352 e. The Morgan fingerprint density at radius 2 is 1.95 bits per heavy atom. The minimum atomic E-state index is -0.111. The van der Waals surface area contributed by atoms with E-state index in [0.717, 1.165) is 13.0 Å². The maximum Gasteiger partial charge on any atom is 0.237 e. The molecule has 2 atom stereocenters. The minimum Gasteiger partial charge on any atom is -0.352 e. The van der Waals surface area contributed by atoms with E-state index in [9.17, 15) is 4.79 Å². The van der Waals surface area contributed by atoms with Crippen LogP contribution in [-0.4, -0.2) is 18.0 Å². The lowest BCUT2D eigenvalue weighted by Crippen LogP contribution is -2.52. The molecule has 2 rings (SSSR count). The van der Waals surface area contributed by atoms with Crippen LogP contribution in [0.3, 0.4) is 0 Å². The second-order valence-corrected chi connectivity index (χ2v) is 6.50. The summed E-state index contributed by atoms with van der Waals surface area (Å²) in [6.07, 6.45) is 0.777. The third kappa shape index (κ3) is 3.35. The molecule has 3 nitrogen and oxygen atoms in total. The fourth-order valence-corrected chi connectivity index (χ4v) is 2.17. The second-order valence-electron chi connectivity index (χ2n) is 6.50. The van der Waals surface area contributed by atoms with Gasteiger partial charge in [-0.3, -0.25) is 4.79 Å². The van der Waals surface area contributed by atoms with E-state index in [1.807, 2.05) is 12.1 Å². The zero-order valence-electron chi connectivity index (χ0n) is 12.3. The summed E-state index contributed by atoms with van der Waals surface area (Å²) in [5.41, 5.74) is 2.67. The number of carbonyl (C=O) groups excluding carboxylic acids is 1. The molecule has 0 aliphatic carbocycles. The number of rotatable bonds is 2. The Bertz CT molecular complexity index is 462. The fraction of sp³-hybridized carbons (Fsp3) is 0.562. The predicted molar refractivity (Wildman–Crippen MR) is 77.8 cm³/mol. The first-order valence-corrected chi connectivity index (χ1v) is 6.98. The van der Waals surface area contributed by atoms with Crippen LogP contribution in [-0.2, 0) is 17.8 Å². The Labute approximate surface area is 115 Å². The van der Waals surface area contributed by atoms with Crippen LogP contribution in [0, 0.1) is 5.41 Å². The normalized spacial score (nSPS) is 20.5. The van der Waals surface area contributed by atoms with Crippen LogP contribution in [0.15, 0.2) is 24.3 Å². The Hall–Kier alpha value is -1.35. The highest BCUT2D eigenvalue weighted by Crippen LogP contribution is 2.20. The maximum atomic E-state index is 12.3. The standard InChI is InChI=1S/C16H24N2O/c1-11(16(2,3)4)18-15(19)14-9-12-7-5-6-8-13(12)10-17-14/h5-8,11,14,17H,9-10H2,1-4H3,(H,18,19)/t11?,14-/m1/s1. The Balaban J connectivity index is 1.99. The van der Waals surface area contributed by atoms with Gasteiger partial charge in [-0.2, -0.15) is 0 Å². The van der Waals surface area contributed by atoms with Crippen molar-refractivity contribution in [1.82, 2.24) is 10.6 Å². The molecular weight excluding hydrogens is 236 g/mol. The second kappa shape index (κ2) is 5.33. The first-order chi connectivity index (χ1) is 8.88. The molecule has 104 valence electrons. The average molecular weight is 260 g/mol. The van der Waals surface area contributed by atoms with E-state index in [0.29, 0.717) is 0 Å². The highest BCUT2D eigenvalue weighted by Gasteiger charge is 2.28. The topological polar surface area (TPSA) is 41.1 Å². The molecule has 1 heterocycles. The van der Waals surface area contributed by atoms with Gasteiger partial charge in [-0.05, 0) is 29.9 Å². The molecule has 1 aliphatic rings. The molecule has 19 heavy (non-hydrogen) atoms. The summed E-state index contributed by atoms with van der Waals surface area (Å²) >= 11 is 0. The van der Waals surface area contributed by atoms with Gasteiger partial charge in [-0.1, -0.05) is 45.0 Å². The van der Waals surface area contributed by atoms with E-state index in [1.165, 1.54) is 11.1 Å². The van der Waals surface area contributed by atoms with Crippen molar-refractivity contribution in [3.63, 3.8) is 0 Å². The van der Waals surface area contributed by atoms with Gasteiger partial charge in [0.1, 0.15) is 0 Å². The summed E-state index contributed by atoms with van der Waals surface area (Å²) in [4.78, 5) is 12.3. The molecule has 1 aromatic carbocycles. The van der Waals surface area contributed by atoms with E-state index in [-0.39, 0.29) is 23.4 Å². The highest BCUT2D eigenvalue weighted by molar-refractivity contribution is 5.82. The Morgan fingerprint density at radius 1 is 1.32 bits per heavy atom. The highest BCUT2D eigenvalue weighted by atomic mass is 16.2. The third-order valence-corrected chi connectivity index (χ3v) is 4.06. The van der Waals surface area contributed by atoms with Gasteiger partial charge in [0.2, 0.25) is 5.91 Å². The maximum absolute atomic E-state index is 12.3.